The number of nitrogens with one attached hydrogen (secondary N) is 1. The zero-order chi connectivity index (χ0) is 15.5. The van der Waals surface area contributed by atoms with Gasteiger partial charge in [-0.05, 0) is 43.3 Å². The largest absolute Gasteiger partial charge is 0.465 e. The molecule has 0 unspecified atom stereocenters. The SMILES string of the molecule is COC(=O)c1ccc(S(=O)(=O)Nc2ccc(C)cc2)cc1. The van der Waals surface area contributed by atoms with Crippen LogP contribution in [0.15, 0.2) is 53.4 Å². The average molecular weight is 305 g/mol. The van der Waals surface area contributed by atoms with E-state index in [1.54, 1.807) is 12.1 Å². The fourth-order valence-electron chi connectivity index (χ4n) is 1.72. The number of rotatable bonds is 4. The molecule has 0 aliphatic heterocycles. The Morgan fingerprint density at radius 2 is 1.57 bits per heavy atom. The normalized spacial score (nSPS) is 11.0. The van der Waals surface area contributed by atoms with Gasteiger partial charge in [0.2, 0.25) is 0 Å². The highest BCUT2D eigenvalue weighted by Crippen LogP contribution is 2.17. The second kappa shape index (κ2) is 5.97. The Balaban J connectivity index is 2.23. The van der Waals surface area contributed by atoms with E-state index in [0.29, 0.717) is 11.3 Å². The Bertz CT molecular complexity index is 734. The van der Waals surface area contributed by atoms with Gasteiger partial charge in [-0.15, -0.1) is 0 Å². The number of methoxy groups -OCH3 is 1. The highest BCUT2D eigenvalue weighted by atomic mass is 32.2. The molecule has 21 heavy (non-hydrogen) atoms. The predicted octanol–water partition coefficient (Wildman–Crippen LogP) is 2.58. The molecule has 0 saturated carbocycles. The maximum absolute atomic E-state index is 12.2. The predicted molar refractivity (Wildman–Crippen MR) is 79.8 cm³/mol. The van der Waals surface area contributed by atoms with E-state index in [9.17, 15) is 13.2 Å². The summed E-state index contributed by atoms with van der Waals surface area (Å²) in [5, 5.41) is 0. The quantitative estimate of drug-likeness (QED) is 0.881. The van der Waals surface area contributed by atoms with E-state index < -0.39 is 16.0 Å². The maximum atomic E-state index is 12.2. The first-order valence-corrected chi connectivity index (χ1v) is 7.68. The van der Waals surface area contributed by atoms with Crippen molar-refractivity contribution in [3.05, 3.63) is 59.7 Å². The van der Waals surface area contributed by atoms with E-state index in [0.717, 1.165) is 5.56 Å². The van der Waals surface area contributed by atoms with Crippen LogP contribution in [0.3, 0.4) is 0 Å². The average Bonchev–Trinajstić information content (AvgIpc) is 2.49. The Morgan fingerprint density at radius 3 is 2.10 bits per heavy atom. The van der Waals surface area contributed by atoms with Gasteiger partial charge < -0.3 is 4.74 Å². The Hall–Kier alpha value is -2.34. The summed E-state index contributed by atoms with van der Waals surface area (Å²) in [4.78, 5) is 11.4. The summed E-state index contributed by atoms with van der Waals surface area (Å²) in [6, 6.07) is 12.6. The zero-order valence-corrected chi connectivity index (χ0v) is 12.5. The first-order valence-electron chi connectivity index (χ1n) is 6.20. The van der Waals surface area contributed by atoms with E-state index in [-0.39, 0.29) is 4.90 Å². The topological polar surface area (TPSA) is 72.5 Å². The summed E-state index contributed by atoms with van der Waals surface area (Å²) in [6.07, 6.45) is 0. The van der Waals surface area contributed by atoms with E-state index in [4.69, 9.17) is 0 Å². The smallest absolute Gasteiger partial charge is 0.337 e. The molecular formula is C15H15NO4S. The number of esters is 1. The van der Waals surface area contributed by atoms with Crippen molar-refractivity contribution in [2.75, 3.05) is 11.8 Å². The summed E-state index contributed by atoms with van der Waals surface area (Å²) in [6.45, 7) is 1.92. The lowest BCUT2D eigenvalue weighted by molar-refractivity contribution is 0.0600. The molecule has 0 radical (unpaired) electrons. The molecule has 0 atom stereocenters. The van der Waals surface area contributed by atoms with Crippen molar-refractivity contribution in [2.45, 2.75) is 11.8 Å². The van der Waals surface area contributed by atoms with Crippen LogP contribution >= 0.6 is 0 Å². The van der Waals surface area contributed by atoms with Gasteiger partial charge in [-0.1, -0.05) is 17.7 Å². The molecule has 0 bridgehead atoms. The van der Waals surface area contributed by atoms with Crippen LogP contribution in [-0.4, -0.2) is 21.5 Å². The summed E-state index contributed by atoms with van der Waals surface area (Å²) in [5.74, 6) is -0.509. The molecule has 0 amide bonds. The number of hydrogen-bond acceptors (Lipinski definition) is 4. The third-order valence-corrected chi connectivity index (χ3v) is 4.29. The summed E-state index contributed by atoms with van der Waals surface area (Å²) in [7, 11) is -2.41. The van der Waals surface area contributed by atoms with Crippen LogP contribution in [0.4, 0.5) is 5.69 Å². The number of sulfonamides is 1. The Morgan fingerprint density at radius 1 is 1.00 bits per heavy atom. The maximum Gasteiger partial charge on any atom is 0.337 e. The van der Waals surface area contributed by atoms with Crippen LogP contribution in [-0.2, 0) is 14.8 Å². The van der Waals surface area contributed by atoms with Crippen LogP contribution in [0.25, 0.3) is 0 Å². The van der Waals surface area contributed by atoms with Crippen LogP contribution < -0.4 is 4.72 Å². The lowest BCUT2D eigenvalue weighted by Gasteiger charge is -2.08. The van der Waals surface area contributed by atoms with Gasteiger partial charge in [-0.3, -0.25) is 4.72 Å². The third kappa shape index (κ3) is 3.61. The van der Waals surface area contributed by atoms with Gasteiger partial charge in [0.05, 0.1) is 17.6 Å². The highest BCUT2D eigenvalue weighted by Gasteiger charge is 2.15. The van der Waals surface area contributed by atoms with Gasteiger partial charge in [0.15, 0.2) is 0 Å². The monoisotopic (exact) mass is 305 g/mol. The van der Waals surface area contributed by atoms with Gasteiger partial charge in [0.25, 0.3) is 10.0 Å². The van der Waals surface area contributed by atoms with Crippen molar-refractivity contribution in [1.82, 2.24) is 0 Å². The van der Waals surface area contributed by atoms with Gasteiger partial charge in [-0.25, -0.2) is 13.2 Å². The van der Waals surface area contributed by atoms with Crippen LogP contribution in [0.1, 0.15) is 15.9 Å². The van der Waals surface area contributed by atoms with Crippen LogP contribution in [0.5, 0.6) is 0 Å². The molecule has 2 aromatic rings. The lowest BCUT2D eigenvalue weighted by Crippen LogP contribution is -2.13. The Kier molecular flexibility index (Phi) is 4.28. The molecule has 110 valence electrons. The van der Waals surface area contributed by atoms with Crippen LogP contribution in [0.2, 0.25) is 0 Å². The van der Waals surface area contributed by atoms with Crippen LogP contribution in [0, 0.1) is 6.92 Å². The molecule has 2 aromatic carbocycles. The number of carbonyl (C=O) groups is 1. The second-order valence-electron chi connectivity index (χ2n) is 4.49. The van der Waals surface area contributed by atoms with E-state index >= 15 is 0 Å². The van der Waals surface area contributed by atoms with Crippen molar-refractivity contribution in [3.8, 4) is 0 Å². The summed E-state index contributed by atoms with van der Waals surface area (Å²) >= 11 is 0. The summed E-state index contributed by atoms with van der Waals surface area (Å²) < 4.78 is 31.5. The van der Waals surface area contributed by atoms with Crippen molar-refractivity contribution in [3.63, 3.8) is 0 Å². The number of aryl methyl sites for hydroxylation is 1. The second-order valence-corrected chi connectivity index (χ2v) is 6.17. The lowest BCUT2D eigenvalue weighted by atomic mass is 10.2. The van der Waals surface area contributed by atoms with Gasteiger partial charge >= 0.3 is 5.97 Å². The standard InChI is InChI=1S/C15H15NO4S/c1-11-3-7-13(8-4-11)16-21(18,19)14-9-5-12(6-10-14)15(17)20-2/h3-10,16H,1-2H3. The number of carbonyl (C=O) groups excluding carboxylic acids is 1. The molecule has 0 heterocycles. The zero-order valence-electron chi connectivity index (χ0n) is 11.7. The molecule has 0 aromatic heterocycles. The molecule has 5 nitrogen and oxygen atoms in total. The van der Waals surface area contributed by atoms with E-state index in [1.807, 2.05) is 19.1 Å². The highest BCUT2D eigenvalue weighted by molar-refractivity contribution is 7.92. The number of hydrogen-bond donors (Lipinski definition) is 1. The minimum Gasteiger partial charge on any atom is -0.465 e. The molecule has 0 saturated heterocycles. The third-order valence-electron chi connectivity index (χ3n) is 2.89. The van der Waals surface area contributed by atoms with E-state index in [1.165, 1.54) is 31.4 Å². The first kappa shape index (κ1) is 15.1. The Labute approximate surface area is 123 Å². The molecule has 1 N–H and O–H groups in total. The van der Waals surface area contributed by atoms with E-state index in [2.05, 4.69) is 9.46 Å². The summed E-state index contributed by atoms with van der Waals surface area (Å²) in [5.41, 5.74) is 1.82. The van der Waals surface area contributed by atoms with Crippen molar-refractivity contribution >= 4 is 21.7 Å². The molecule has 0 aliphatic carbocycles. The number of anilines is 1. The molecule has 0 spiro atoms. The molecule has 2 rings (SSSR count). The fraction of sp³-hybridized carbons (Fsp3) is 0.133. The molecule has 0 fully saturated rings. The van der Waals surface area contributed by atoms with Gasteiger partial charge in [-0.2, -0.15) is 0 Å². The van der Waals surface area contributed by atoms with Crippen molar-refractivity contribution < 1.29 is 17.9 Å². The van der Waals surface area contributed by atoms with Gasteiger partial charge in [0.1, 0.15) is 0 Å². The van der Waals surface area contributed by atoms with Gasteiger partial charge in [0, 0.05) is 5.69 Å². The minimum absolute atomic E-state index is 0.0794. The number of ether oxygens (including phenoxy) is 1. The van der Waals surface area contributed by atoms with Crippen molar-refractivity contribution in [1.29, 1.82) is 0 Å². The molecular weight excluding hydrogens is 290 g/mol. The first-order chi connectivity index (χ1) is 9.92. The number of benzene rings is 2. The minimum atomic E-state index is -3.68. The molecule has 0 aliphatic rings. The van der Waals surface area contributed by atoms with Crippen molar-refractivity contribution in [2.24, 2.45) is 0 Å². The molecule has 6 heteroatoms. The fourth-order valence-corrected chi connectivity index (χ4v) is 2.78.